The molecule has 2 nitrogen and oxygen atoms in total. The highest BCUT2D eigenvalue weighted by Crippen LogP contribution is 2.29. The average molecular weight is 240 g/mol. The molecule has 102 valence electrons. The fraction of sp³-hybridized carbons (Fsp3) is 1.00. The molecule has 0 aliphatic carbocycles. The highest BCUT2D eigenvalue weighted by molar-refractivity contribution is 4.85. The third-order valence-electron chi connectivity index (χ3n) is 4.42. The van der Waals surface area contributed by atoms with E-state index in [0.717, 1.165) is 5.92 Å². The fourth-order valence-corrected chi connectivity index (χ4v) is 2.88. The summed E-state index contributed by atoms with van der Waals surface area (Å²) < 4.78 is 0. The van der Waals surface area contributed by atoms with Crippen LogP contribution in [0.5, 0.6) is 0 Å². The van der Waals surface area contributed by atoms with Gasteiger partial charge in [0.2, 0.25) is 0 Å². The van der Waals surface area contributed by atoms with E-state index in [9.17, 15) is 0 Å². The van der Waals surface area contributed by atoms with Crippen molar-refractivity contribution in [1.29, 1.82) is 0 Å². The van der Waals surface area contributed by atoms with Crippen LogP contribution in [0.15, 0.2) is 0 Å². The smallest absolute Gasteiger partial charge is 0.0152 e. The van der Waals surface area contributed by atoms with Gasteiger partial charge in [0.05, 0.1) is 0 Å². The van der Waals surface area contributed by atoms with E-state index in [2.05, 4.69) is 44.7 Å². The molecule has 2 fully saturated rings. The average Bonchev–Trinajstić information content (AvgIpc) is 2.25. The topological polar surface area (TPSA) is 6.48 Å². The molecule has 2 heteroatoms. The lowest BCUT2D eigenvalue weighted by atomic mass is 9.84. The number of likely N-dealkylation sites (tertiary alicyclic amines) is 2. The Labute approximate surface area is 108 Å². The summed E-state index contributed by atoms with van der Waals surface area (Å²) in [6.45, 7) is 10.9. The molecule has 2 aliphatic rings. The molecule has 2 aliphatic heterocycles. The van der Waals surface area contributed by atoms with Crippen molar-refractivity contribution in [3.05, 3.63) is 0 Å². The minimum atomic E-state index is 0.442. The summed E-state index contributed by atoms with van der Waals surface area (Å²) >= 11 is 0. The lowest BCUT2D eigenvalue weighted by molar-refractivity contribution is 0.0782. The van der Waals surface area contributed by atoms with Crippen molar-refractivity contribution in [2.24, 2.45) is 5.92 Å². The molecular formula is C15H32N2. The number of hydrogen-bond donors (Lipinski definition) is 0. The van der Waals surface area contributed by atoms with E-state index < -0.39 is 0 Å². The zero-order valence-electron chi connectivity index (χ0n) is 12.6. The Hall–Kier alpha value is -0.0800. The summed E-state index contributed by atoms with van der Waals surface area (Å²) in [5.74, 6) is 0.922. The Bertz CT molecular complexity index is 207. The second-order valence-electron chi connectivity index (χ2n) is 6.70. The van der Waals surface area contributed by atoms with Crippen LogP contribution >= 0.6 is 0 Å². The van der Waals surface area contributed by atoms with Gasteiger partial charge in [-0.05, 0) is 79.2 Å². The van der Waals surface area contributed by atoms with Gasteiger partial charge in [-0.2, -0.15) is 0 Å². The van der Waals surface area contributed by atoms with Crippen LogP contribution in [-0.4, -0.2) is 49.1 Å². The van der Waals surface area contributed by atoms with Crippen molar-refractivity contribution in [2.45, 2.75) is 58.4 Å². The van der Waals surface area contributed by atoms with Gasteiger partial charge in [-0.15, -0.1) is 0 Å². The molecule has 0 unspecified atom stereocenters. The summed E-state index contributed by atoms with van der Waals surface area (Å²) in [6, 6.07) is 0. The molecule has 0 amide bonds. The van der Waals surface area contributed by atoms with Gasteiger partial charge < -0.3 is 9.80 Å². The van der Waals surface area contributed by atoms with Crippen LogP contribution < -0.4 is 0 Å². The maximum absolute atomic E-state index is 2.47. The van der Waals surface area contributed by atoms with Crippen LogP contribution in [0.3, 0.4) is 0 Å². The van der Waals surface area contributed by atoms with Crippen molar-refractivity contribution in [2.75, 3.05) is 33.7 Å². The molecule has 2 heterocycles. The maximum atomic E-state index is 2.47. The number of piperidine rings is 2. The highest BCUT2D eigenvalue weighted by Gasteiger charge is 2.29. The first-order chi connectivity index (χ1) is 7.92. The third-order valence-corrected chi connectivity index (χ3v) is 4.42. The molecule has 0 aromatic heterocycles. The summed E-state index contributed by atoms with van der Waals surface area (Å²) in [4.78, 5) is 4.86. The summed E-state index contributed by atoms with van der Waals surface area (Å²) in [7, 11) is 4.42. The molecule has 0 spiro atoms. The van der Waals surface area contributed by atoms with Gasteiger partial charge in [0.15, 0.2) is 0 Å². The SMILES string of the molecule is CN1CCCCC1.C[C@H]1CCN(C)C(C)(C)C1. The Kier molecular flexibility index (Phi) is 5.94. The predicted octanol–water partition coefficient (Wildman–Crippen LogP) is 3.23. The first kappa shape index (κ1) is 15.0. The van der Waals surface area contributed by atoms with Gasteiger partial charge in [-0.25, -0.2) is 0 Å². The van der Waals surface area contributed by atoms with Gasteiger partial charge in [0, 0.05) is 5.54 Å². The van der Waals surface area contributed by atoms with E-state index in [-0.39, 0.29) is 0 Å². The first-order valence-corrected chi connectivity index (χ1v) is 7.31. The largest absolute Gasteiger partial charge is 0.306 e. The van der Waals surface area contributed by atoms with E-state index in [1.807, 2.05) is 0 Å². The minimum absolute atomic E-state index is 0.442. The van der Waals surface area contributed by atoms with Crippen LogP contribution in [0.2, 0.25) is 0 Å². The maximum Gasteiger partial charge on any atom is 0.0152 e. The highest BCUT2D eigenvalue weighted by atomic mass is 15.2. The molecule has 0 saturated carbocycles. The van der Waals surface area contributed by atoms with E-state index in [1.165, 1.54) is 51.7 Å². The monoisotopic (exact) mass is 240 g/mol. The lowest BCUT2D eigenvalue weighted by Crippen LogP contribution is -2.46. The zero-order chi connectivity index (χ0) is 12.9. The van der Waals surface area contributed by atoms with Crippen LogP contribution in [0.1, 0.15) is 52.9 Å². The van der Waals surface area contributed by atoms with E-state index in [0.29, 0.717) is 5.54 Å². The van der Waals surface area contributed by atoms with Crippen LogP contribution in [0.25, 0.3) is 0 Å². The van der Waals surface area contributed by atoms with Gasteiger partial charge in [-0.3, -0.25) is 0 Å². The number of hydrogen-bond acceptors (Lipinski definition) is 2. The lowest BCUT2D eigenvalue weighted by Gasteiger charge is -2.42. The predicted molar refractivity (Wildman–Crippen MR) is 76.5 cm³/mol. The Morgan fingerprint density at radius 3 is 1.88 bits per heavy atom. The number of rotatable bonds is 0. The molecule has 17 heavy (non-hydrogen) atoms. The van der Waals surface area contributed by atoms with Crippen molar-refractivity contribution in [1.82, 2.24) is 9.80 Å². The molecule has 2 saturated heterocycles. The van der Waals surface area contributed by atoms with Crippen LogP contribution in [-0.2, 0) is 0 Å². The number of nitrogens with zero attached hydrogens (tertiary/aromatic N) is 2. The summed E-state index contributed by atoms with van der Waals surface area (Å²) in [5.41, 5.74) is 0.442. The van der Waals surface area contributed by atoms with E-state index >= 15 is 0 Å². The molecule has 0 aromatic carbocycles. The molecule has 1 atom stereocenters. The van der Waals surface area contributed by atoms with Crippen molar-refractivity contribution in [3.63, 3.8) is 0 Å². The van der Waals surface area contributed by atoms with E-state index in [1.54, 1.807) is 0 Å². The Morgan fingerprint density at radius 1 is 0.941 bits per heavy atom. The van der Waals surface area contributed by atoms with Gasteiger partial charge in [0.25, 0.3) is 0 Å². The molecule has 2 rings (SSSR count). The molecule has 0 N–H and O–H groups in total. The summed E-state index contributed by atoms with van der Waals surface area (Å²) in [5, 5.41) is 0. The summed E-state index contributed by atoms with van der Waals surface area (Å²) in [6.07, 6.45) is 7.00. The van der Waals surface area contributed by atoms with Crippen molar-refractivity contribution >= 4 is 0 Å². The molecular weight excluding hydrogens is 208 g/mol. The van der Waals surface area contributed by atoms with Gasteiger partial charge in [0.1, 0.15) is 0 Å². The fourth-order valence-electron chi connectivity index (χ4n) is 2.88. The second-order valence-corrected chi connectivity index (χ2v) is 6.70. The van der Waals surface area contributed by atoms with Crippen LogP contribution in [0.4, 0.5) is 0 Å². The normalized spacial score (nSPS) is 30.5. The second kappa shape index (κ2) is 6.75. The van der Waals surface area contributed by atoms with E-state index in [4.69, 9.17) is 0 Å². The third kappa shape index (κ3) is 5.39. The Balaban J connectivity index is 0.000000181. The molecule has 0 aromatic rings. The zero-order valence-corrected chi connectivity index (χ0v) is 12.6. The minimum Gasteiger partial charge on any atom is -0.306 e. The van der Waals surface area contributed by atoms with Crippen molar-refractivity contribution < 1.29 is 0 Å². The van der Waals surface area contributed by atoms with Crippen molar-refractivity contribution in [3.8, 4) is 0 Å². The van der Waals surface area contributed by atoms with Crippen LogP contribution in [0, 0.1) is 5.92 Å². The molecule has 0 bridgehead atoms. The van der Waals surface area contributed by atoms with Gasteiger partial charge >= 0.3 is 0 Å². The quantitative estimate of drug-likeness (QED) is 0.641. The first-order valence-electron chi connectivity index (χ1n) is 7.31. The standard InChI is InChI=1S/C9H19N.C6H13N/c1-8-5-6-10(4)9(2,3)7-8;1-7-5-3-2-4-6-7/h8H,5-7H2,1-4H3;2-6H2,1H3/t8-;/m0./s1. The molecule has 0 radical (unpaired) electrons. The Morgan fingerprint density at radius 2 is 1.53 bits per heavy atom. The van der Waals surface area contributed by atoms with Gasteiger partial charge in [-0.1, -0.05) is 13.3 Å².